The highest BCUT2D eigenvalue weighted by Crippen LogP contribution is 2.36. The van der Waals surface area contributed by atoms with E-state index in [0.717, 1.165) is 17.7 Å². The third-order valence-electron chi connectivity index (χ3n) is 4.35. The van der Waals surface area contributed by atoms with Crippen molar-refractivity contribution in [1.82, 2.24) is 0 Å². The highest BCUT2D eigenvalue weighted by atomic mass is 16.5. The van der Waals surface area contributed by atoms with Gasteiger partial charge >= 0.3 is 0 Å². The molecule has 1 N–H and O–H groups in total. The number of benzene rings is 2. The van der Waals surface area contributed by atoms with E-state index in [1.54, 1.807) is 24.3 Å². The minimum absolute atomic E-state index is 0.0437. The molecule has 28 heavy (non-hydrogen) atoms. The molecule has 144 valence electrons. The zero-order valence-electron chi connectivity index (χ0n) is 16.1. The van der Waals surface area contributed by atoms with E-state index >= 15 is 0 Å². The number of amides is 1. The van der Waals surface area contributed by atoms with Crippen molar-refractivity contribution in [2.24, 2.45) is 0 Å². The van der Waals surface area contributed by atoms with Crippen molar-refractivity contribution in [3.8, 4) is 23.3 Å². The molecule has 1 aliphatic heterocycles. The van der Waals surface area contributed by atoms with Gasteiger partial charge in [-0.1, -0.05) is 12.1 Å². The maximum atomic E-state index is 12.6. The molecule has 3 rings (SSSR count). The van der Waals surface area contributed by atoms with E-state index in [-0.39, 0.29) is 11.7 Å². The van der Waals surface area contributed by atoms with Gasteiger partial charge in [0, 0.05) is 17.5 Å². The Morgan fingerprint density at radius 1 is 1.36 bits per heavy atom. The summed E-state index contributed by atoms with van der Waals surface area (Å²) in [6.45, 7) is 4.36. The van der Waals surface area contributed by atoms with Crippen LogP contribution in [0.4, 0.5) is 5.69 Å². The normalized spacial score (nSPS) is 15.2. The lowest BCUT2D eigenvalue weighted by molar-refractivity contribution is -0.112. The number of hydrogen-bond acceptors (Lipinski definition) is 5. The summed E-state index contributed by atoms with van der Waals surface area (Å²) in [5.41, 5.74) is 2.14. The number of rotatable bonds is 6. The van der Waals surface area contributed by atoms with Crippen molar-refractivity contribution in [3.63, 3.8) is 0 Å². The lowest BCUT2D eigenvalue weighted by Crippen LogP contribution is -2.14. The molecule has 0 spiro atoms. The SMILES string of the molecule is CCOc1cc2c(cc1/C=C(\C#N)C(=O)Nc1ccccc1OC)O[C@H](C)C2. The summed E-state index contributed by atoms with van der Waals surface area (Å²) < 4.78 is 16.7. The van der Waals surface area contributed by atoms with Crippen LogP contribution in [0.2, 0.25) is 0 Å². The molecule has 0 aromatic heterocycles. The second-order valence-electron chi connectivity index (χ2n) is 6.39. The number of hydrogen-bond donors (Lipinski definition) is 1. The van der Waals surface area contributed by atoms with E-state index in [2.05, 4.69) is 5.32 Å². The molecule has 0 aliphatic carbocycles. The van der Waals surface area contributed by atoms with Gasteiger partial charge < -0.3 is 19.5 Å². The molecule has 2 aromatic rings. The summed E-state index contributed by atoms with van der Waals surface area (Å²) in [5.74, 6) is 1.37. The first-order valence-electron chi connectivity index (χ1n) is 9.08. The fourth-order valence-electron chi connectivity index (χ4n) is 3.09. The van der Waals surface area contributed by atoms with Crippen molar-refractivity contribution < 1.29 is 19.0 Å². The van der Waals surface area contributed by atoms with Gasteiger partial charge in [-0.15, -0.1) is 0 Å². The Bertz CT molecular complexity index is 959. The highest BCUT2D eigenvalue weighted by molar-refractivity contribution is 6.10. The van der Waals surface area contributed by atoms with Gasteiger partial charge in [-0.25, -0.2) is 0 Å². The van der Waals surface area contributed by atoms with Crippen LogP contribution in [-0.4, -0.2) is 25.7 Å². The molecular weight excluding hydrogens is 356 g/mol. The van der Waals surface area contributed by atoms with E-state index in [0.29, 0.717) is 29.4 Å². The van der Waals surface area contributed by atoms with E-state index in [4.69, 9.17) is 14.2 Å². The van der Waals surface area contributed by atoms with Crippen LogP contribution in [0.3, 0.4) is 0 Å². The molecule has 0 saturated heterocycles. The monoisotopic (exact) mass is 378 g/mol. The van der Waals surface area contributed by atoms with Crippen molar-refractivity contribution in [3.05, 3.63) is 53.1 Å². The fourth-order valence-corrected chi connectivity index (χ4v) is 3.09. The summed E-state index contributed by atoms with van der Waals surface area (Å²) in [6, 6.07) is 12.7. The van der Waals surface area contributed by atoms with Gasteiger partial charge in [-0.3, -0.25) is 4.79 Å². The predicted molar refractivity (Wildman–Crippen MR) is 107 cm³/mol. The summed E-state index contributed by atoms with van der Waals surface area (Å²) in [7, 11) is 1.52. The Kier molecular flexibility index (Phi) is 5.85. The third kappa shape index (κ3) is 4.09. The number of fused-ring (bicyclic) bond motifs is 1. The van der Waals surface area contributed by atoms with Crippen LogP contribution in [-0.2, 0) is 11.2 Å². The number of methoxy groups -OCH3 is 1. The van der Waals surface area contributed by atoms with Crippen LogP contribution in [0.15, 0.2) is 42.0 Å². The molecule has 1 atom stereocenters. The van der Waals surface area contributed by atoms with Crippen LogP contribution in [0.5, 0.6) is 17.2 Å². The molecule has 1 heterocycles. The second-order valence-corrected chi connectivity index (χ2v) is 6.39. The average Bonchev–Trinajstić information content (AvgIpc) is 3.05. The number of nitrogens with one attached hydrogen (secondary N) is 1. The summed E-state index contributed by atoms with van der Waals surface area (Å²) in [6.07, 6.45) is 2.41. The molecule has 0 unspecified atom stereocenters. The first-order valence-corrected chi connectivity index (χ1v) is 9.08. The van der Waals surface area contributed by atoms with Gasteiger partial charge in [0.25, 0.3) is 5.91 Å². The number of para-hydroxylation sites is 2. The number of carbonyl (C=O) groups excluding carboxylic acids is 1. The molecule has 6 heteroatoms. The molecule has 1 aliphatic rings. The molecule has 2 aromatic carbocycles. The van der Waals surface area contributed by atoms with Crippen LogP contribution in [0.25, 0.3) is 6.08 Å². The van der Waals surface area contributed by atoms with Crippen molar-refractivity contribution in [2.75, 3.05) is 19.0 Å². The van der Waals surface area contributed by atoms with E-state index in [9.17, 15) is 10.1 Å². The standard InChI is InChI=1S/C22H22N2O4/c1-4-27-20-11-15-9-14(2)28-21(15)12-16(20)10-17(13-23)22(25)24-18-7-5-6-8-19(18)26-3/h5-8,10-12,14H,4,9H2,1-3H3,(H,24,25)/b17-10+/t14-/m1/s1. The van der Waals surface area contributed by atoms with Crippen LogP contribution >= 0.6 is 0 Å². The number of anilines is 1. The van der Waals surface area contributed by atoms with Crippen molar-refractivity contribution >= 4 is 17.7 Å². The molecule has 1 amide bonds. The predicted octanol–water partition coefficient (Wildman–Crippen LogP) is 3.96. The zero-order chi connectivity index (χ0) is 20.1. The number of nitriles is 1. The maximum absolute atomic E-state index is 12.6. The molecule has 6 nitrogen and oxygen atoms in total. The van der Waals surface area contributed by atoms with E-state index < -0.39 is 5.91 Å². The van der Waals surface area contributed by atoms with Gasteiger partial charge in [0.05, 0.1) is 19.4 Å². The minimum Gasteiger partial charge on any atom is -0.495 e. The van der Waals surface area contributed by atoms with Crippen molar-refractivity contribution in [2.45, 2.75) is 26.4 Å². The first kappa shape index (κ1) is 19.3. The maximum Gasteiger partial charge on any atom is 0.266 e. The van der Waals surface area contributed by atoms with E-state index in [1.807, 2.05) is 32.0 Å². The summed E-state index contributed by atoms with van der Waals surface area (Å²) in [5, 5.41) is 12.3. The fraction of sp³-hybridized carbons (Fsp3) is 0.273. The molecule has 0 radical (unpaired) electrons. The Balaban J connectivity index is 1.93. The van der Waals surface area contributed by atoms with Gasteiger partial charge in [-0.2, -0.15) is 5.26 Å². The third-order valence-corrected chi connectivity index (χ3v) is 4.35. The second kappa shape index (κ2) is 8.49. The van der Waals surface area contributed by atoms with Crippen LogP contribution in [0.1, 0.15) is 25.0 Å². The summed E-state index contributed by atoms with van der Waals surface area (Å²) >= 11 is 0. The lowest BCUT2D eigenvalue weighted by atomic mass is 10.0. The van der Waals surface area contributed by atoms with Gasteiger partial charge in [0.1, 0.15) is 35.0 Å². The molecule has 0 saturated carbocycles. The Labute approximate surface area is 164 Å². The Hall–Kier alpha value is -3.46. The lowest BCUT2D eigenvalue weighted by Gasteiger charge is -2.11. The number of carbonyl (C=O) groups is 1. The smallest absolute Gasteiger partial charge is 0.266 e. The number of nitrogens with zero attached hydrogens (tertiary/aromatic N) is 1. The molecule has 0 bridgehead atoms. The topological polar surface area (TPSA) is 80.6 Å². The number of ether oxygens (including phenoxy) is 3. The van der Waals surface area contributed by atoms with Gasteiger partial charge in [0.2, 0.25) is 0 Å². The molecular formula is C22H22N2O4. The van der Waals surface area contributed by atoms with E-state index in [1.165, 1.54) is 13.2 Å². The van der Waals surface area contributed by atoms with Crippen molar-refractivity contribution in [1.29, 1.82) is 5.26 Å². The highest BCUT2D eigenvalue weighted by Gasteiger charge is 2.22. The quantitative estimate of drug-likeness (QED) is 0.608. The van der Waals surface area contributed by atoms with Gasteiger partial charge in [-0.05, 0) is 44.2 Å². The molecule has 0 fully saturated rings. The van der Waals surface area contributed by atoms with Gasteiger partial charge in [0.15, 0.2) is 0 Å². The summed E-state index contributed by atoms with van der Waals surface area (Å²) in [4.78, 5) is 12.6. The largest absolute Gasteiger partial charge is 0.495 e. The Morgan fingerprint density at radius 3 is 2.86 bits per heavy atom. The Morgan fingerprint density at radius 2 is 2.14 bits per heavy atom. The first-order chi connectivity index (χ1) is 13.5. The van der Waals surface area contributed by atoms with Crippen LogP contribution < -0.4 is 19.5 Å². The minimum atomic E-state index is -0.524. The zero-order valence-corrected chi connectivity index (χ0v) is 16.1. The van der Waals surface area contributed by atoms with Crippen LogP contribution in [0, 0.1) is 11.3 Å². The average molecular weight is 378 g/mol.